The number of pyridine rings is 1. The average Bonchev–Trinajstić information content (AvgIpc) is 3.04. The van der Waals surface area contributed by atoms with Crippen molar-refractivity contribution in [3.63, 3.8) is 0 Å². The van der Waals surface area contributed by atoms with Gasteiger partial charge in [-0.1, -0.05) is 18.2 Å². The predicted molar refractivity (Wildman–Crippen MR) is 105 cm³/mol. The standard InChI is InChI=1S/C21H23N5O2/c1-24-21(28)26(18-7-3-2-4-8-18)20(23-24)17-6-5-13-25(15-17)19(27)14-16-9-11-22-12-10-16/h2-4,7-12,17H,5-6,13-15H2,1H3. The van der Waals surface area contributed by atoms with Crippen molar-refractivity contribution in [2.45, 2.75) is 25.2 Å². The second-order valence-corrected chi connectivity index (χ2v) is 7.15. The van der Waals surface area contributed by atoms with Crippen LogP contribution < -0.4 is 5.69 Å². The van der Waals surface area contributed by atoms with Crippen LogP contribution >= 0.6 is 0 Å². The number of carbonyl (C=O) groups is 1. The smallest absolute Gasteiger partial charge is 0.342 e. The fourth-order valence-electron chi connectivity index (χ4n) is 3.77. The number of aryl methyl sites for hydroxylation is 1. The Hall–Kier alpha value is -3.22. The van der Waals surface area contributed by atoms with E-state index >= 15 is 0 Å². The van der Waals surface area contributed by atoms with E-state index in [9.17, 15) is 9.59 Å². The summed E-state index contributed by atoms with van der Waals surface area (Å²) in [5, 5.41) is 4.51. The SMILES string of the molecule is Cn1nc(C2CCCN(C(=O)Cc3ccncc3)C2)n(-c2ccccc2)c1=O. The van der Waals surface area contributed by atoms with E-state index in [-0.39, 0.29) is 17.5 Å². The van der Waals surface area contributed by atoms with Crippen LogP contribution in [0.15, 0.2) is 59.7 Å². The zero-order chi connectivity index (χ0) is 19.5. The van der Waals surface area contributed by atoms with Gasteiger partial charge in [0.05, 0.1) is 12.1 Å². The van der Waals surface area contributed by atoms with Crippen LogP contribution in [-0.2, 0) is 18.3 Å². The van der Waals surface area contributed by atoms with Gasteiger partial charge in [0, 0.05) is 38.4 Å². The highest BCUT2D eigenvalue weighted by Crippen LogP contribution is 2.27. The number of hydrogen-bond donors (Lipinski definition) is 0. The van der Waals surface area contributed by atoms with E-state index in [1.165, 1.54) is 4.68 Å². The van der Waals surface area contributed by atoms with Crippen LogP contribution in [0.3, 0.4) is 0 Å². The minimum atomic E-state index is -0.165. The maximum Gasteiger partial charge on any atom is 0.350 e. The summed E-state index contributed by atoms with van der Waals surface area (Å²) in [7, 11) is 1.67. The molecular formula is C21H23N5O2. The second-order valence-electron chi connectivity index (χ2n) is 7.15. The first-order chi connectivity index (χ1) is 13.6. The van der Waals surface area contributed by atoms with Crippen molar-refractivity contribution >= 4 is 5.91 Å². The van der Waals surface area contributed by atoms with E-state index in [1.54, 1.807) is 24.0 Å². The van der Waals surface area contributed by atoms with Crippen LogP contribution in [0, 0.1) is 0 Å². The Morgan fingerprint density at radius 3 is 2.64 bits per heavy atom. The first kappa shape index (κ1) is 18.2. The molecule has 3 heterocycles. The summed E-state index contributed by atoms with van der Waals surface area (Å²) >= 11 is 0. The third kappa shape index (κ3) is 3.60. The predicted octanol–water partition coefficient (Wildman–Crippen LogP) is 1.91. The zero-order valence-electron chi connectivity index (χ0n) is 15.9. The van der Waals surface area contributed by atoms with Crippen molar-refractivity contribution in [2.24, 2.45) is 7.05 Å². The number of carbonyl (C=O) groups excluding carboxylic acids is 1. The summed E-state index contributed by atoms with van der Waals surface area (Å²) in [6.07, 6.45) is 5.57. The molecule has 1 aliphatic rings. The van der Waals surface area contributed by atoms with Gasteiger partial charge in [0.15, 0.2) is 0 Å². The molecule has 1 unspecified atom stereocenters. The lowest BCUT2D eigenvalue weighted by molar-refractivity contribution is -0.131. The maximum atomic E-state index is 12.8. The molecule has 0 radical (unpaired) electrons. The molecule has 7 heteroatoms. The van der Waals surface area contributed by atoms with Crippen LogP contribution in [0.25, 0.3) is 5.69 Å². The Labute approximate surface area is 163 Å². The molecule has 2 aromatic heterocycles. The summed E-state index contributed by atoms with van der Waals surface area (Å²) in [6, 6.07) is 13.3. The van der Waals surface area contributed by atoms with Gasteiger partial charge < -0.3 is 4.90 Å². The fourth-order valence-corrected chi connectivity index (χ4v) is 3.77. The third-order valence-corrected chi connectivity index (χ3v) is 5.21. The molecule has 1 aromatic carbocycles. The van der Waals surface area contributed by atoms with E-state index in [2.05, 4.69) is 10.1 Å². The van der Waals surface area contributed by atoms with Gasteiger partial charge in [0.2, 0.25) is 5.91 Å². The quantitative estimate of drug-likeness (QED) is 0.696. The minimum Gasteiger partial charge on any atom is -0.342 e. The van der Waals surface area contributed by atoms with E-state index in [0.717, 1.165) is 36.5 Å². The van der Waals surface area contributed by atoms with Gasteiger partial charge in [-0.25, -0.2) is 14.0 Å². The van der Waals surface area contributed by atoms with E-state index in [0.29, 0.717) is 13.0 Å². The van der Waals surface area contributed by atoms with E-state index < -0.39 is 0 Å². The van der Waals surface area contributed by atoms with Gasteiger partial charge in [-0.05, 0) is 42.7 Å². The normalized spacial score (nSPS) is 16.9. The van der Waals surface area contributed by atoms with Gasteiger partial charge in [-0.2, -0.15) is 5.10 Å². The Bertz CT molecular complexity index is 1010. The van der Waals surface area contributed by atoms with Crippen LogP contribution in [0.2, 0.25) is 0 Å². The van der Waals surface area contributed by atoms with E-state index in [4.69, 9.17) is 0 Å². The molecule has 4 rings (SSSR count). The third-order valence-electron chi connectivity index (χ3n) is 5.21. The van der Waals surface area contributed by atoms with Crippen molar-refractivity contribution in [1.29, 1.82) is 0 Å². The highest BCUT2D eigenvalue weighted by atomic mass is 16.2. The van der Waals surface area contributed by atoms with Crippen molar-refractivity contribution < 1.29 is 4.79 Å². The number of aromatic nitrogens is 4. The van der Waals surface area contributed by atoms with Crippen LogP contribution in [0.1, 0.15) is 30.1 Å². The van der Waals surface area contributed by atoms with E-state index in [1.807, 2.05) is 47.4 Å². The molecule has 3 aromatic rings. The van der Waals surface area contributed by atoms with Gasteiger partial charge in [0.25, 0.3) is 0 Å². The number of hydrogen-bond acceptors (Lipinski definition) is 4. The molecule has 1 saturated heterocycles. The Kier molecular flexibility index (Phi) is 5.06. The number of benzene rings is 1. The Balaban J connectivity index is 1.58. The largest absolute Gasteiger partial charge is 0.350 e. The second kappa shape index (κ2) is 7.80. The highest BCUT2D eigenvalue weighted by Gasteiger charge is 2.29. The van der Waals surface area contributed by atoms with Crippen molar-refractivity contribution in [3.8, 4) is 5.69 Å². The molecule has 0 aliphatic carbocycles. The minimum absolute atomic E-state index is 0.0317. The lowest BCUT2D eigenvalue weighted by Gasteiger charge is -2.32. The first-order valence-corrected chi connectivity index (χ1v) is 9.51. The number of amides is 1. The lowest BCUT2D eigenvalue weighted by atomic mass is 9.96. The zero-order valence-corrected chi connectivity index (χ0v) is 15.9. The van der Waals surface area contributed by atoms with Gasteiger partial charge in [-0.3, -0.25) is 9.78 Å². The van der Waals surface area contributed by atoms with Crippen LogP contribution in [0.4, 0.5) is 0 Å². The van der Waals surface area contributed by atoms with Crippen molar-refractivity contribution in [3.05, 3.63) is 76.7 Å². The molecule has 144 valence electrons. The van der Waals surface area contributed by atoms with Crippen molar-refractivity contribution in [1.82, 2.24) is 24.2 Å². The Morgan fingerprint density at radius 1 is 1.14 bits per heavy atom. The van der Waals surface area contributed by atoms with Gasteiger partial charge >= 0.3 is 5.69 Å². The van der Waals surface area contributed by atoms with Crippen LogP contribution in [-0.4, -0.2) is 43.2 Å². The summed E-state index contributed by atoms with van der Waals surface area (Å²) in [4.78, 5) is 31.3. The number of para-hydroxylation sites is 1. The monoisotopic (exact) mass is 377 g/mol. The maximum absolute atomic E-state index is 12.8. The van der Waals surface area contributed by atoms with Crippen molar-refractivity contribution in [2.75, 3.05) is 13.1 Å². The van der Waals surface area contributed by atoms with Gasteiger partial charge in [-0.15, -0.1) is 0 Å². The summed E-state index contributed by atoms with van der Waals surface area (Å²) < 4.78 is 3.04. The fraction of sp³-hybridized carbons (Fsp3) is 0.333. The average molecular weight is 377 g/mol. The molecule has 1 atom stereocenters. The highest BCUT2D eigenvalue weighted by molar-refractivity contribution is 5.78. The number of rotatable bonds is 4. The molecule has 0 saturated carbocycles. The van der Waals surface area contributed by atoms with Crippen LogP contribution in [0.5, 0.6) is 0 Å². The molecule has 0 spiro atoms. The number of nitrogens with zero attached hydrogens (tertiary/aromatic N) is 5. The molecule has 1 aliphatic heterocycles. The summed E-state index contributed by atoms with van der Waals surface area (Å²) in [5.74, 6) is 0.852. The molecule has 28 heavy (non-hydrogen) atoms. The first-order valence-electron chi connectivity index (χ1n) is 9.51. The lowest BCUT2D eigenvalue weighted by Crippen LogP contribution is -2.40. The molecule has 7 nitrogen and oxygen atoms in total. The molecule has 0 bridgehead atoms. The number of piperidine rings is 1. The topological polar surface area (TPSA) is 73.0 Å². The molecule has 0 N–H and O–H groups in total. The number of likely N-dealkylation sites (tertiary alicyclic amines) is 1. The van der Waals surface area contributed by atoms with Gasteiger partial charge in [0.1, 0.15) is 5.82 Å². The summed E-state index contributed by atoms with van der Waals surface area (Å²) in [5.41, 5.74) is 1.60. The molecular weight excluding hydrogens is 354 g/mol. The Morgan fingerprint density at radius 2 is 1.89 bits per heavy atom. The molecule has 1 amide bonds. The molecule has 1 fully saturated rings. The summed E-state index contributed by atoms with van der Waals surface area (Å²) in [6.45, 7) is 1.32.